The molecule has 3 rings (SSSR count). The van der Waals surface area contributed by atoms with Gasteiger partial charge in [0.1, 0.15) is 0 Å². The molecular weight excluding hydrogens is 427 g/mol. The number of nitro benzene ring substituents is 1. The average molecular weight is 439 g/mol. The van der Waals surface area contributed by atoms with E-state index in [1.54, 1.807) is 24.3 Å². The number of nitrogens with zero attached hydrogens (tertiary/aromatic N) is 2. The fraction of sp³-hybridized carbons (Fsp3) is 0.111. The summed E-state index contributed by atoms with van der Waals surface area (Å²) in [5.41, 5.74) is 0.830. The minimum absolute atomic E-state index is 0.0433. The predicted molar refractivity (Wildman–Crippen MR) is 108 cm³/mol. The van der Waals surface area contributed by atoms with Gasteiger partial charge in [0, 0.05) is 6.07 Å². The third kappa shape index (κ3) is 4.14. The molecular formula is C18H12Cl2N2O5S. The number of hydrogen-bond acceptors (Lipinski definition) is 6. The molecule has 0 bridgehead atoms. The van der Waals surface area contributed by atoms with E-state index in [1.807, 2.05) is 0 Å². The molecule has 1 aliphatic rings. The van der Waals surface area contributed by atoms with E-state index in [2.05, 4.69) is 0 Å². The largest absolute Gasteiger partial charge is 0.490 e. The van der Waals surface area contributed by atoms with E-state index in [0.717, 1.165) is 16.7 Å². The Morgan fingerprint density at radius 3 is 2.57 bits per heavy atom. The summed E-state index contributed by atoms with van der Waals surface area (Å²) >= 11 is 12.6. The molecule has 0 unspecified atom stereocenters. The van der Waals surface area contributed by atoms with Gasteiger partial charge in [0.25, 0.3) is 11.1 Å². The normalized spacial score (nSPS) is 15.4. The van der Waals surface area contributed by atoms with Crippen LogP contribution in [0.3, 0.4) is 0 Å². The average Bonchev–Trinajstić information content (AvgIpc) is 2.92. The highest BCUT2D eigenvalue weighted by molar-refractivity contribution is 8.18. The topological polar surface area (TPSA) is 89.8 Å². The zero-order valence-corrected chi connectivity index (χ0v) is 16.7. The van der Waals surface area contributed by atoms with Crippen molar-refractivity contribution in [2.24, 2.45) is 0 Å². The molecule has 0 aliphatic carbocycles. The number of carbonyl (C=O) groups excluding carboxylic acids is 2. The van der Waals surface area contributed by atoms with Crippen molar-refractivity contribution in [2.45, 2.75) is 6.54 Å². The Bertz CT molecular complexity index is 1030. The second-order valence-electron chi connectivity index (χ2n) is 5.70. The van der Waals surface area contributed by atoms with Crippen LogP contribution in [0.25, 0.3) is 6.08 Å². The van der Waals surface area contributed by atoms with Gasteiger partial charge in [-0.2, -0.15) is 0 Å². The highest BCUT2D eigenvalue weighted by Crippen LogP contribution is 2.35. The maximum Gasteiger partial charge on any atom is 0.311 e. The zero-order chi connectivity index (χ0) is 20.4. The van der Waals surface area contributed by atoms with Gasteiger partial charge in [-0.25, -0.2) is 0 Å². The number of hydrogen-bond donors (Lipinski definition) is 0. The molecule has 1 heterocycles. The molecule has 0 radical (unpaired) electrons. The second kappa shape index (κ2) is 8.22. The first-order valence-electron chi connectivity index (χ1n) is 7.82. The van der Waals surface area contributed by atoms with Crippen LogP contribution in [0.1, 0.15) is 11.1 Å². The molecule has 2 amide bonds. The van der Waals surface area contributed by atoms with E-state index in [-0.39, 0.29) is 22.9 Å². The van der Waals surface area contributed by atoms with Gasteiger partial charge in [0.2, 0.25) is 0 Å². The van der Waals surface area contributed by atoms with Crippen molar-refractivity contribution in [1.82, 2.24) is 4.90 Å². The number of ether oxygens (including phenoxy) is 1. The molecule has 0 saturated carbocycles. The minimum Gasteiger partial charge on any atom is -0.490 e. The zero-order valence-electron chi connectivity index (χ0n) is 14.3. The molecule has 1 aliphatic heterocycles. The standard InChI is InChI=1S/C18H12Cl2N2O5S/c1-27-15-5-3-10(7-14(15)22(25)26)8-16-17(23)21(18(24)28-16)9-11-2-4-12(19)13(20)6-11/h2-8H,9H2,1H3. The number of imide groups is 1. The summed E-state index contributed by atoms with van der Waals surface area (Å²) < 4.78 is 4.95. The van der Waals surface area contributed by atoms with Gasteiger partial charge in [-0.3, -0.25) is 24.6 Å². The summed E-state index contributed by atoms with van der Waals surface area (Å²) in [6.45, 7) is 0.0433. The number of benzene rings is 2. The number of nitro groups is 1. The van der Waals surface area contributed by atoms with Gasteiger partial charge in [0.15, 0.2) is 5.75 Å². The first kappa shape index (κ1) is 20.2. The summed E-state index contributed by atoms with van der Waals surface area (Å²) in [4.78, 5) is 36.7. The van der Waals surface area contributed by atoms with Crippen molar-refractivity contribution < 1.29 is 19.2 Å². The van der Waals surface area contributed by atoms with Crippen LogP contribution in [0.15, 0.2) is 41.3 Å². The second-order valence-corrected chi connectivity index (χ2v) is 7.51. The van der Waals surface area contributed by atoms with E-state index in [0.29, 0.717) is 21.2 Å². The molecule has 0 spiro atoms. The Labute approximate surface area is 174 Å². The lowest BCUT2D eigenvalue weighted by molar-refractivity contribution is -0.385. The Kier molecular flexibility index (Phi) is 5.93. The van der Waals surface area contributed by atoms with Crippen LogP contribution in [0.5, 0.6) is 5.75 Å². The first-order chi connectivity index (χ1) is 13.3. The third-order valence-electron chi connectivity index (χ3n) is 3.90. The van der Waals surface area contributed by atoms with Crippen molar-refractivity contribution >= 4 is 57.9 Å². The molecule has 0 N–H and O–H groups in total. The van der Waals surface area contributed by atoms with Crippen molar-refractivity contribution in [1.29, 1.82) is 0 Å². The van der Waals surface area contributed by atoms with Gasteiger partial charge in [-0.15, -0.1) is 0 Å². The molecule has 10 heteroatoms. The maximum absolute atomic E-state index is 12.6. The molecule has 7 nitrogen and oxygen atoms in total. The quantitative estimate of drug-likeness (QED) is 0.364. The van der Waals surface area contributed by atoms with Crippen LogP contribution in [-0.2, 0) is 11.3 Å². The van der Waals surface area contributed by atoms with Crippen LogP contribution in [0, 0.1) is 10.1 Å². The molecule has 28 heavy (non-hydrogen) atoms. The highest BCUT2D eigenvalue weighted by atomic mass is 35.5. The van der Waals surface area contributed by atoms with Crippen molar-refractivity contribution in [3.05, 3.63) is 72.6 Å². The lowest BCUT2D eigenvalue weighted by Crippen LogP contribution is -2.27. The van der Waals surface area contributed by atoms with E-state index >= 15 is 0 Å². The van der Waals surface area contributed by atoms with E-state index in [9.17, 15) is 19.7 Å². The number of thioether (sulfide) groups is 1. The number of carbonyl (C=O) groups is 2. The Morgan fingerprint density at radius 2 is 1.93 bits per heavy atom. The predicted octanol–water partition coefficient (Wildman–Crippen LogP) is 5.15. The summed E-state index contributed by atoms with van der Waals surface area (Å²) in [5.74, 6) is -0.380. The Hall–Kier alpha value is -2.55. The molecule has 0 atom stereocenters. The summed E-state index contributed by atoms with van der Waals surface area (Å²) in [6, 6.07) is 9.14. The van der Waals surface area contributed by atoms with Crippen molar-refractivity contribution in [2.75, 3.05) is 7.11 Å². The monoisotopic (exact) mass is 438 g/mol. The van der Waals surface area contributed by atoms with Crippen LogP contribution in [-0.4, -0.2) is 28.1 Å². The third-order valence-corrected chi connectivity index (χ3v) is 5.54. The highest BCUT2D eigenvalue weighted by Gasteiger charge is 2.35. The van der Waals surface area contributed by atoms with E-state index in [1.165, 1.54) is 25.3 Å². The Morgan fingerprint density at radius 1 is 1.18 bits per heavy atom. The summed E-state index contributed by atoms with van der Waals surface area (Å²) in [7, 11) is 1.33. The van der Waals surface area contributed by atoms with Gasteiger partial charge < -0.3 is 4.74 Å². The number of halogens is 2. The summed E-state index contributed by atoms with van der Waals surface area (Å²) in [6.07, 6.45) is 1.44. The fourth-order valence-corrected chi connectivity index (χ4v) is 3.71. The molecule has 1 saturated heterocycles. The lowest BCUT2D eigenvalue weighted by atomic mass is 10.1. The fourth-order valence-electron chi connectivity index (χ4n) is 2.55. The van der Waals surface area contributed by atoms with Gasteiger partial charge in [0.05, 0.1) is 33.5 Å². The number of rotatable bonds is 5. The molecule has 144 valence electrons. The van der Waals surface area contributed by atoms with Crippen LogP contribution in [0.4, 0.5) is 10.5 Å². The van der Waals surface area contributed by atoms with Gasteiger partial charge in [-0.05, 0) is 47.2 Å². The van der Waals surface area contributed by atoms with Gasteiger partial charge in [-0.1, -0.05) is 35.3 Å². The smallest absolute Gasteiger partial charge is 0.311 e. The first-order valence-corrected chi connectivity index (χ1v) is 9.39. The number of amides is 2. The molecule has 0 aromatic heterocycles. The van der Waals surface area contributed by atoms with E-state index in [4.69, 9.17) is 27.9 Å². The molecule has 2 aromatic carbocycles. The van der Waals surface area contributed by atoms with Crippen LogP contribution in [0.2, 0.25) is 10.0 Å². The van der Waals surface area contributed by atoms with Crippen molar-refractivity contribution in [3.8, 4) is 5.75 Å². The Balaban J connectivity index is 1.85. The maximum atomic E-state index is 12.6. The lowest BCUT2D eigenvalue weighted by Gasteiger charge is -2.12. The summed E-state index contributed by atoms with van der Waals surface area (Å²) in [5, 5.41) is 11.4. The molecule has 2 aromatic rings. The van der Waals surface area contributed by atoms with Crippen LogP contribution < -0.4 is 4.74 Å². The van der Waals surface area contributed by atoms with Crippen LogP contribution >= 0.6 is 35.0 Å². The number of methoxy groups -OCH3 is 1. The minimum atomic E-state index is -0.577. The van der Waals surface area contributed by atoms with Gasteiger partial charge >= 0.3 is 5.69 Å². The van der Waals surface area contributed by atoms with E-state index < -0.39 is 16.1 Å². The SMILES string of the molecule is COc1ccc(C=C2SC(=O)N(Cc3ccc(Cl)c(Cl)c3)C2=O)cc1[N+](=O)[O-]. The molecule has 1 fully saturated rings. The van der Waals surface area contributed by atoms with Crippen molar-refractivity contribution in [3.63, 3.8) is 0 Å².